The van der Waals surface area contributed by atoms with Gasteiger partial charge in [0.15, 0.2) is 5.82 Å². The van der Waals surface area contributed by atoms with Crippen molar-refractivity contribution in [2.24, 2.45) is 0 Å². The first-order valence-corrected chi connectivity index (χ1v) is 7.01. The molecule has 1 aromatic carbocycles. The van der Waals surface area contributed by atoms with Crippen LogP contribution in [0.15, 0.2) is 47.2 Å². The number of hydrogen-bond donors (Lipinski definition) is 2. The van der Waals surface area contributed by atoms with Crippen molar-refractivity contribution in [1.82, 2.24) is 15.2 Å². The summed E-state index contributed by atoms with van der Waals surface area (Å²) in [5.74, 6) is 1.92. The van der Waals surface area contributed by atoms with E-state index in [2.05, 4.69) is 51.8 Å². The van der Waals surface area contributed by atoms with Crippen LogP contribution in [0.1, 0.15) is 16.9 Å². The molecule has 0 bridgehead atoms. The summed E-state index contributed by atoms with van der Waals surface area (Å²) in [6, 6.07) is 9.87. The Kier molecular flexibility index (Phi) is 4.00. The zero-order valence-corrected chi connectivity index (χ0v) is 12.5. The lowest BCUT2D eigenvalue weighted by atomic mass is 10.1. The van der Waals surface area contributed by atoms with Gasteiger partial charge in [0.1, 0.15) is 5.76 Å². The SMILES string of the molecule is Cc1cccc(C)c1Nc1cnnc(NCc2ccco2)n1. The molecule has 6 heteroatoms. The first-order chi connectivity index (χ1) is 10.7. The third-order valence-corrected chi connectivity index (χ3v) is 3.29. The molecular formula is C16H17N5O. The molecule has 2 aromatic heterocycles. The van der Waals surface area contributed by atoms with Crippen LogP contribution in [0.2, 0.25) is 0 Å². The summed E-state index contributed by atoms with van der Waals surface area (Å²) >= 11 is 0. The molecular weight excluding hydrogens is 278 g/mol. The average molecular weight is 295 g/mol. The summed E-state index contributed by atoms with van der Waals surface area (Å²) in [7, 11) is 0. The van der Waals surface area contributed by atoms with Crippen LogP contribution in [0.4, 0.5) is 17.5 Å². The van der Waals surface area contributed by atoms with E-state index in [-0.39, 0.29) is 0 Å². The van der Waals surface area contributed by atoms with E-state index in [1.807, 2.05) is 18.2 Å². The smallest absolute Gasteiger partial charge is 0.245 e. The van der Waals surface area contributed by atoms with Crippen LogP contribution in [0.3, 0.4) is 0 Å². The van der Waals surface area contributed by atoms with Gasteiger partial charge in [0.2, 0.25) is 5.95 Å². The highest BCUT2D eigenvalue weighted by atomic mass is 16.3. The van der Waals surface area contributed by atoms with Gasteiger partial charge in [0.05, 0.1) is 19.0 Å². The van der Waals surface area contributed by atoms with Gasteiger partial charge in [-0.25, -0.2) is 0 Å². The number of aryl methyl sites for hydroxylation is 2. The summed E-state index contributed by atoms with van der Waals surface area (Å²) < 4.78 is 5.26. The first-order valence-electron chi connectivity index (χ1n) is 7.01. The Morgan fingerprint density at radius 3 is 2.64 bits per heavy atom. The second kappa shape index (κ2) is 6.26. The largest absolute Gasteiger partial charge is 0.467 e. The van der Waals surface area contributed by atoms with Crippen molar-refractivity contribution in [3.05, 3.63) is 59.7 Å². The number of hydrogen-bond acceptors (Lipinski definition) is 6. The molecule has 2 heterocycles. The van der Waals surface area contributed by atoms with E-state index in [9.17, 15) is 0 Å². The highest BCUT2D eigenvalue weighted by Crippen LogP contribution is 2.23. The number of benzene rings is 1. The molecule has 112 valence electrons. The molecule has 0 aliphatic heterocycles. The molecule has 0 saturated heterocycles. The lowest BCUT2D eigenvalue weighted by Gasteiger charge is -2.12. The molecule has 0 atom stereocenters. The van der Waals surface area contributed by atoms with Crippen molar-refractivity contribution < 1.29 is 4.42 Å². The Morgan fingerprint density at radius 2 is 1.91 bits per heavy atom. The number of para-hydroxylation sites is 1. The van der Waals surface area contributed by atoms with Crippen molar-refractivity contribution in [3.8, 4) is 0 Å². The van der Waals surface area contributed by atoms with Crippen molar-refractivity contribution in [3.63, 3.8) is 0 Å². The summed E-state index contributed by atoms with van der Waals surface area (Å²) in [5.41, 5.74) is 3.35. The Bertz CT molecular complexity index is 735. The van der Waals surface area contributed by atoms with Gasteiger partial charge in [0, 0.05) is 5.69 Å². The molecule has 0 radical (unpaired) electrons. The third-order valence-electron chi connectivity index (χ3n) is 3.29. The molecule has 0 aliphatic carbocycles. The standard InChI is InChI=1S/C16H17N5O/c1-11-5-3-6-12(2)15(11)19-14-10-18-21-16(20-14)17-9-13-7-4-8-22-13/h3-8,10H,9H2,1-2H3,(H2,17,19,20,21). The van der Waals surface area contributed by atoms with E-state index in [0.29, 0.717) is 18.3 Å². The second-order valence-corrected chi connectivity index (χ2v) is 4.99. The highest BCUT2D eigenvalue weighted by molar-refractivity contribution is 5.64. The van der Waals surface area contributed by atoms with E-state index in [0.717, 1.165) is 22.6 Å². The van der Waals surface area contributed by atoms with Crippen LogP contribution in [-0.2, 0) is 6.54 Å². The molecule has 3 rings (SSSR count). The van der Waals surface area contributed by atoms with Crippen LogP contribution in [0.25, 0.3) is 0 Å². The van der Waals surface area contributed by atoms with Gasteiger partial charge < -0.3 is 15.1 Å². The predicted octanol–water partition coefficient (Wildman–Crippen LogP) is 3.44. The van der Waals surface area contributed by atoms with Gasteiger partial charge >= 0.3 is 0 Å². The van der Waals surface area contributed by atoms with E-state index < -0.39 is 0 Å². The van der Waals surface area contributed by atoms with Gasteiger partial charge in [-0.2, -0.15) is 10.1 Å². The molecule has 6 nitrogen and oxygen atoms in total. The normalized spacial score (nSPS) is 10.5. The van der Waals surface area contributed by atoms with Gasteiger partial charge in [-0.15, -0.1) is 5.10 Å². The zero-order valence-electron chi connectivity index (χ0n) is 12.5. The summed E-state index contributed by atoms with van der Waals surface area (Å²) in [6.45, 7) is 4.63. The van der Waals surface area contributed by atoms with E-state index >= 15 is 0 Å². The minimum Gasteiger partial charge on any atom is -0.467 e. The molecule has 3 aromatic rings. The molecule has 0 aliphatic rings. The van der Waals surface area contributed by atoms with Crippen molar-refractivity contribution in [2.45, 2.75) is 20.4 Å². The molecule has 0 fully saturated rings. The quantitative estimate of drug-likeness (QED) is 0.751. The third kappa shape index (κ3) is 3.22. The fourth-order valence-corrected chi connectivity index (χ4v) is 2.16. The van der Waals surface area contributed by atoms with Crippen LogP contribution < -0.4 is 10.6 Å². The minimum absolute atomic E-state index is 0.452. The number of nitrogens with zero attached hydrogens (tertiary/aromatic N) is 3. The van der Waals surface area contributed by atoms with Crippen LogP contribution in [0.5, 0.6) is 0 Å². The van der Waals surface area contributed by atoms with Gasteiger partial charge in [-0.1, -0.05) is 18.2 Å². The summed E-state index contributed by atoms with van der Waals surface area (Å²) in [6.07, 6.45) is 3.24. The molecule has 0 unspecified atom stereocenters. The average Bonchev–Trinajstić information content (AvgIpc) is 3.03. The van der Waals surface area contributed by atoms with Gasteiger partial charge in [-0.3, -0.25) is 0 Å². The first kappa shape index (κ1) is 14.1. The minimum atomic E-state index is 0.452. The molecule has 22 heavy (non-hydrogen) atoms. The van der Waals surface area contributed by atoms with Crippen LogP contribution >= 0.6 is 0 Å². The zero-order chi connectivity index (χ0) is 15.4. The van der Waals surface area contributed by atoms with Gasteiger partial charge in [0.25, 0.3) is 0 Å². The lowest BCUT2D eigenvalue weighted by molar-refractivity contribution is 0.517. The van der Waals surface area contributed by atoms with Crippen LogP contribution in [-0.4, -0.2) is 15.2 Å². The Hall–Kier alpha value is -2.89. The fraction of sp³-hybridized carbons (Fsp3) is 0.188. The molecule has 2 N–H and O–H groups in total. The van der Waals surface area contributed by atoms with Crippen molar-refractivity contribution in [2.75, 3.05) is 10.6 Å². The number of anilines is 3. The molecule has 0 amide bonds. The maximum Gasteiger partial charge on any atom is 0.245 e. The van der Waals surface area contributed by atoms with Gasteiger partial charge in [-0.05, 0) is 37.1 Å². The number of furan rings is 1. The van der Waals surface area contributed by atoms with E-state index in [1.165, 1.54) is 0 Å². The highest BCUT2D eigenvalue weighted by Gasteiger charge is 2.06. The van der Waals surface area contributed by atoms with Crippen molar-refractivity contribution in [1.29, 1.82) is 0 Å². The second-order valence-electron chi connectivity index (χ2n) is 4.99. The Balaban J connectivity index is 1.73. The summed E-state index contributed by atoms with van der Waals surface area (Å²) in [5, 5.41) is 14.3. The topological polar surface area (TPSA) is 75.9 Å². The van der Waals surface area contributed by atoms with Crippen molar-refractivity contribution >= 4 is 17.5 Å². The van der Waals surface area contributed by atoms with Crippen LogP contribution in [0, 0.1) is 13.8 Å². The summed E-state index contributed by atoms with van der Waals surface area (Å²) in [4.78, 5) is 4.41. The fourth-order valence-electron chi connectivity index (χ4n) is 2.16. The van der Waals surface area contributed by atoms with E-state index in [1.54, 1.807) is 12.5 Å². The Morgan fingerprint density at radius 1 is 1.09 bits per heavy atom. The van der Waals surface area contributed by atoms with E-state index in [4.69, 9.17) is 4.42 Å². The number of nitrogens with one attached hydrogen (secondary N) is 2. The number of rotatable bonds is 5. The monoisotopic (exact) mass is 295 g/mol. The predicted molar refractivity (Wildman–Crippen MR) is 85.1 cm³/mol. The maximum absolute atomic E-state index is 5.26. The molecule has 0 saturated carbocycles. The Labute approximate surface area is 128 Å². The maximum atomic E-state index is 5.26. The lowest BCUT2D eigenvalue weighted by Crippen LogP contribution is -2.06. The molecule has 0 spiro atoms. The number of aromatic nitrogens is 3.